The van der Waals surface area contributed by atoms with Crippen molar-refractivity contribution in [1.29, 1.82) is 0 Å². The maximum atomic E-state index is 5.15. The van der Waals surface area contributed by atoms with Gasteiger partial charge in [-0.05, 0) is 39.6 Å². The number of para-hydroxylation sites is 1. The summed E-state index contributed by atoms with van der Waals surface area (Å²) < 4.78 is 0. The zero-order chi connectivity index (χ0) is 17.8. The number of hydrazone groups is 1. The Hall–Kier alpha value is -3.39. The van der Waals surface area contributed by atoms with Gasteiger partial charge in [-0.2, -0.15) is 5.10 Å². The molecule has 2 heteroatoms. The Bertz CT molecular complexity index is 1170. The van der Waals surface area contributed by atoms with Crippen LogP contribution in [0.4, 0.5) is 5.69 Å². The third-order valence-corrected chi connectivity index (χ3v) is 5.80. The summed E-state index contributed by atoms with van der Waals surface area (Å²) in [6.07, 6.45) is 0. The molecule has 0 saturated carbocycles. The minimum Gasteiger partial charge on any atom is -0.257 e. The van der Waals surface area contributed by atoms with Gasteiger partial charge in [0.2, 0.25) is 0 Å². The zero-order valence-electron chi connectivity index (χ0n) is 14.8. The van der Waals surface area contributed by atoms with Gasteiger partial charge in [-0.25, -0.2) is 0 Å². The minimum atomic E-state index is 0.212. The SMILES string of the molecule is c1ccc(C2=NN(c3ccccc3)C3c4cccc5cccc(c45)C23)cc1. The van der Waals surface area contributed by atoms with Gasteiger partial charge in [-0.3, -0.25) is 5.01 Å². The number of anilines is 1. The van der Waals surface area contributed by atoms with E-state index < -0.39 is 0 Å². The molecule has 2 unspecified atom stereocenters. The quantitative estimate of drug-likeness (QED) is 0.441. The van der Waals surface area contributed by atoms with Crippen LogP contribution in [0.5, 0.6) is 0 Å². The van der Waals surface area contributed by atoms with Crippen molar-refractivity contribution >= 4 is 22.2 Å². The Kier molecular flexibility index (Phi) is 3.03. The predicted octanol–water partition coefficient (Wildman–Crippen LogP) is 5.90. The molecule has 0 radical (unpaired) electrons. The van der Waals surface area contributed by atoms with Crippen molar-refractivity contribution < 1.29 is 0 Å². The fraction of sp³-hybridized carbons (Fsp3) is 0.0800. The number of nitrogens with zero attached hydrogens (tertiary/aromatic N) is 2. The molecule has 2 nitrogen and oxygen atoms in total. The van der Waals surface area contributed by atoms with Gasteiger partial charge in [0.05, 0.1) is 23.4 Å². The van der Waals surface area contributed by atoms with E-state index in [0.29, 0.717) is 0 Å². The predicted molar refractivity (Wildman–Crippen MR) is 111 cm³/mol. The topological polar surface area (TPSA) is 15.6 Å². The summed E-state index contributed by atoms with van der Waals surface area (Å²) >= 11 is 0. The summed E-state index contributed by atoms with van der Waals surface area (Å²) in [6, 6.07) is 34.7. The number of benzene rings is 4. The van der Waals surface area contributed by atoms with Crippen LogP contribution >= 0.6 is 0 Å². The number of hydrogen-bond acceptors (Lipinski definition) is 2. The first kappa shape index (κ1) is 14.7. The van der Waals surface area contributed by atoms with Gasteiger partial charge < -0.3 is 0 Å². The molecule has 6 rings (SSSR count). The van der Waals surface area contributed by atoms with Crippen molar-refractivity contribution in [3.05, 3.63) is 114 Å². The average Bonchev–Trinajstić information content (AvgIpc) is 3.28. The number of hydrogen-bond donors (Lipinski definition) is 0. The highest BCUT2D eigenvalue weighted by molar-refractivity contribution is 6.12. The smallest absolute Gasteiger partial charge is 0.0907 e. The fourth-order valence-corrected chi connectivity index (χ4v) is 4.71. The lowest BCUT2D eigenvalue weighted by atomic mass is 9.88. The van der Waals surface area contributed by atoms with Crippen LogP contribution in [0.3, 0.4) is 0 Å². The first-order chi connectivity index (χ1) is 13.4. The first-order valence-corrected chi connectivity index (χ1v) is 9.41. The Morgan fingerprint density at radius 2 is 1.30 bits per heavy atom. The Morgan fingerprint density at radius 3 is 2.04 bits per heavy atom. The molecular formula is C25H18N2. The highest BCUT2D eigenvalue weighted by atomic mass is 15.5. The second-order valence-electron chi connectivity index (χ2n) is 7.25. The van der Waals surface area contributed by atoms with Gasteiger partial charge in [0.1, 0.15) is 0 Å². The van der Waals surface area contributed by atoms with E-state index in [0.717, 1.165) is 11.4 Å². The molecule has 1 heterocycles. The van der Waals surface area contributed by atoms with Gasteiger partial charge in [0.15, 0.2) is 0 Å². The summed E-state index contributed by atoms with van der Waals surface area (Å²) in [5.41, 5.74) is 6.29. The Morgan fingerprint density at radius 1 is 0.630 bits per heavy atom. The molecule has 0 spiro atoms. The van der Waals surface area contributed by atoms with E-state index in [1.54, 1.807) is 0 Å². The van der Waals surface area contributed by atoms with E-state index in [2.05, 4.69) is 102 Å². The van der Waals surface area contributed by atoms with Gasteiger partial charge in [-0.15, -0.1) is 0 Å². The van der Waals surface area contributed by atoms with Gasteiger partial charge in [-0.1, -0.05) is 84.9 Å². The van der Waals surface area contributed by atoms with E-state index in [1.165, 1.54) is 27.5 Å². The lowest BCUT2D eigenvalue weighted by Gasteiger charge is -2.24. The van der Waals surface area contributed by atoms with Crippen molar-refractivity contribution in [3.63, 3.8) is 0 Å². The van der Waals surface area contributed by atoms with E-state index in [9.17, 15) is 0 Å². The summed E-state index contributed by atoms with van der Waals surface area (Å²) in [6.45, 7) is 0. The lowest BCUT2D eigenvalue weighted by Crippen LogP contribution is -2.20. The van der Waals surface area contributed by atoms with Crippen molar-refractivity contribution in [2.75, 3.05) is 5.01 Å². The van der Waals surface area contributed by atoms with Gasteiger partial charge in [0.25, 0.3) is 0 Å². The molecule has 1 aliphatic heterocycles. The molecule has 0 N–H and O–H groups in total. The molecule has 0 amide bonds. The maximum absolute atomic E-state index is 5.15. The third-order valence-electron chi connectivity index (χ3n) is 5.80. The normalized spacial score (nSPS) is 20.0. The summed E-state index contributed by atoms with van der Waals surface area (Å²) in [4.78, 5) is 0. The van der Waals surface area contributed by atoms with Gasteiger partial charge >= 0.3 is 0 Å². The summed E-state index contributed by atoms with van der Waals surface area (Å²) in [5, 5.41) is 10.1. The molecule has 0 fully saturated rings. The van der Waals surface area contributed by atoms with E-state index >= 15 is 0 Å². The highest BCUT2D eigenvalue weighted by Gasteiger charge is 2.46. The monoisotopic (exact) mass is 346 g/mol. The van der Waals surface area contributed by atoms with Crippen LogP contribution in [-0.2, 0) is 0 Å². The molecule has 27 heavy (non-hydrogen) atoms. The van der Waals surface area contributed by atoms with Crippen molar-refractivity contribution in [2.24, 2.45) is 5.10 Å². The van der Waals surface area contributed by atoms with E-state index in [1.807, 2.05) is 0 Å². The van der Waals surface area contributed by atoms with Crippen LogP contribution in [-0.4, -0.2) is 5.71 Å². The van der Waals surface area contributed by atoms with Crippen molar-refractivity contribution in [2.45, 2.75) is 12.0 Å². The van der Waals surface area contributed by atoms with E-state index in [-0.39, 0.29) is 12.0 Å². The molecule has 4 aromatic carbocycles. The van der Waals surface area contributed by atoms with Crippen LogP contribution in [0.25, 0.3) is 10.8 Å². The Balaban J connectivity index is 1.63. The maximum Gasteiger partial charge on any atom is 0.0907 e. The molecule has 0 bridgehead atoms. The number of rotatable bonds is 2. The lowest BCUT2D eigenvalue weighted by molar-refractivity contribution is 0.674. The molecule has 128 valence electrons. The molecule has 0 aromatic heterocycles. The summed E-state index contributed by atoms with van der Waals surface area (Å²) in [7, 11) is 0. The van der Waals surface area contributed by atoms with Gasteiger partial charge in [0, 0.05) is 0 Å². The van der Waals surface area contributed by atoms with Crippen molar-refractivity contribution in [3.8, 4) is 0 Å². The second-order valence-corrected chi connectivity index (χ2v) is 7.25. The molecule has 2 aliphatic rings. The fourth-order valence-electron chi connectivity index (χ4n) is 4.71. The third kappa shape index (κ3) is 2.04. The second kappa shape index (κ2) is 5.55. The average molecular weight is 346 g/mol. The largest absolute Gasteiger partial charge is 0.257 e. The molecule has 2 atom stereocenters. The van der Waals surface area contributed by atoms with Crippen LogP contribution in [0, 0.1) is 0 Å². The molecular weight excluding hydrogens is 328 g/mol. The molecule has 0 saturated heterocycles. The highest BCUT2D eigenvalue weighted by Crippen LogP contribution is 2.54. The molecule has 4 aromatic rings. The minimum absolute atomic E-state index is 0.212. The van der Waals surface area contributed by atoms with Crippen molar-refractivity contribution in [1.82, 2.24) is 0 Å². The van der Waals surface area contributed by atoms with Crippen LogP contribution in [0.1, 0.15) is 28.7 Å². The first-order valence-electron chi connectivity index (χ1n) is 9.41. The zero-order valence-corrected chi connectivity index (χ0v) is 14.8. The summed E-state index contributed by atoms with van der Waals surface area (Å²) in [5.74, 6) is 0.258. The van der Waals surface area contributed by atoms with Crippen LogP contribution in [0.15, 0.2) is 102 Å². The van der Waals surface area contributed by atoms with E-state index in [4.69, 9.17) is 5.10 Å². The Labute approximate surface area is 158 Å². The standard InChI is InChI=1S/C25H18N2/c1-3-9-18(10-4-1)24-23-20-15-7-11-17-12-8-16-21(22(17)20)25(23)27(26-24)19-13-5-2-6-14-19/h1-16,23,25H. The van der Waals surface area contributed by atoms with Crippen LogP contribution < -0.4 is 5.01 Å². The molecule has 1 aliphatic carbocycles. The number of fused-ring (bicyclic) bond motifs is 3. The van der Waals surface area contributed by atoms with Crippen LogP contribution in [0.2, 0.25) is 0 Å².